The maximum Gasteiger partial charge on any atom is 0.126 e. The van der Waals surface area contributed by atoms with Crippen molar-refractivity contribution in [1.82, 2.24) is 5.32 Å². The van der Waals surface area contributed by atoms with Gasteiger partial charge >= 0.3 is 0 Å². The van der Waals surface area contributed by atoms with Gasteiger partial charge in [0, 0.05) is 12.6 Å². The molecule has 1 heterocycles. The van der Waals surface area contributed by atoms with Crippen molar-refractivity contribution in [1.29, 1.82) is 0 Å². The molecule has 0 saturated carbocycles. The zero-order valence-electron chi connectivity index (χ0n) is 10.5. The fraction of sp³-hybridized carbons (Fsp3) is 0.250. The minimum atomic E-state index is -0.203. The van der Waals surface area contributed by atoms with Gasteiger partial charge in [-0.25, -0.2) is 8.78 Å². The standard InChI is InChI=1S/C16H15F2N/c17-14-6-5-12-10-19-15(9-13(12)7-14)8-11-3-1-2-4-16(11)18/h1-7,15,19H,8-10H2. The van der Waals surface area contributed by atoms with E-state index in [2.05, 4.69) is 5.32 Å². The Morgan fingerprint density at radius 1 is 1.05 bits per heavy atom. The van der Waals surface area contributed by atoms with Crippen LogP contribution in [0, 0.1) is 11.6 Å². The highest BCUT2D eigenvalue weighted by molar-refractivity contribution is 5.31. The van der Waals surface area contributed by atoms with Gasteiger partial charge in [0.15, 0.2) is 0 Å². The lowest BCUT2D eigenvalue weighted by molar-refractivity contribution is 0.465. The van der Waals surface area contributed by atoms with Crippen molar-refractivity contribution >= 4 is 0 Å². The van der Waals surface area contributed by atoms with E-state index in [4.69, 9.17) is 0 Å². The summed E-state index contributed by atoms with van der Waals surface area (Å²) in [4.78, 5) is 0. The van der Waals surface area contributed by atoms with E-state index in [0.717, 1.165) is 17.5 Å². The van der Waals surface area contributed by atoms with Gasteiger partial charge < -0.3 is 5.32 Å². The maximum absolute atomic E-state index is 13.6. The first kappa shape index (κ1) is 12.3. The van der Waals surface area contributed by atoms with Gasteiger partial charge in [0.25, 0.3) is 0 Å². The first-order chi connectivity index (χ1) is 9.22. The second-order valence-corrected chi connectivity index (χ2v) is 4.99. The fourth-order valence-electron chi connectivity index (χ4n) is 2.62. The second-order valence-electron chi connectivity index (χ2n) is 4.99. The predicted molar refractivity (Wildman–Crippen MR) is 70.8 cm³/mol. The molecule has 2 aromatic carbocycles. The van der Waals surface area contributed by atoms with Crippen LogP contribution in [0.5, 0.6) is 0 Å². The summed E-state index contributed by atoms with van der Waals surface area (Å²) < 4.78 is 26.8. The van der Waals surface area contributed by atoms with Crippen LogP contribution in [0.25, 0.3) is 0 Å². The van der Waals surface area contributed by atoms with Gasteiger partial charge in [-0.1, -0.05) is 24.3 Å². The topological polar surface area (TPSA) is 12.0 Å². The van der Waals surface area contributed by atoms with E-state index in [1.165, 1.54) is 12.1 Å². The second kappa shape index (κ2) is 5.10. The summed E-state index contributed by atoms with van der Waals surface area (Å²) in [7, 11) is 0. The Balaban J connectivity index is 1.77. The van der Waals surface area contributed by atoms with Crippen LogP contribution < -0.4 is 5.32 Å². The van der Waals surface area contributed by atoms with Crippen molar-refractivity contribution < 1.29 is 8.78 Å². The number of rotatable bonds is 2. The van der Waals surface area contributed by atoms with Crippen molar-refractivity contribution in [2.45, 2.75) is 25.4 Å². The highest BCUT2D eigenvalue weighted by Gasteiger charge is 2.19. The molecule has 3 heteroatoms. The number of fused-ring (bicyclic) bond motifs is 1. The number of benzene rings is 2. The lowest BCUT2D eigenvalue weighted by Gasteiger charge is -2.26. The van der Waals surface area contributed by atoms with Gasteiger partial charge in [0.05, 0.1) is 0 Å². The van der Waals surface area contributed by atoms with Crippen molar-refractivity contribution in [2.75, 3.05) is 0 Å². The monoisotopic (exact) mass is 259 g/mol. The van der Waals surface area contributed by atoms with Crippen molar-refractivity contribution in [3.8, 4) is 0 Å². The molecule has 98 valence electrons. The summed E-state index contributed by atoms with van der Waals surface area (Å²) >= 11 is 0. The molecule has 0 amide bonds. The van der Waals surface area contributed by atoms with Crippen LogP contribution in [-0.2, 0) is 19.4 Å². The van der Waals surface area contributed by atoms with E-state index in [1.807, 2.05) is 12.1 Å². The van der Waals surface area contributed by atoms with E-state index in [1.54, 1.807) is 18.2 Å². The Bertz CT molecular complexity index is 595. The molecule has 19 heavy (non-hydrogen) atoms. The molecule has 1 atom stereocenters. The van der Waals surface area contributed by atoms with Gasteiger partial charge in [-0.05, 0) is 47.7 Å². The van der Waals surface area contributed by atoms with Crippen molar-refractivity contribution in [3.63, 3.8) is 0 Å². The van der Waals surface area contributed by atoms with Gasteiger partial charge in [0.1, 0.15) is 11.6 Å². The Labute approximate surface area is 111 Å². The van der Waals surface area contributed by atoms with E-state index in [9.17, 15) is 8.78 Å². The molecule has 1 nitrogen and oxygen atoms in total. The van der Waals surface area contributed by atoms with E-state index < -0.39 is 0 Å². The summed E-state index contributed by atoms with van der Waals surface area (Å²) in [6.07, 6.45) is 1.37. The molecule has 2 aromatic rings. The Morgan fingerprint density at radius 3 is 2.74 bits per heavy atom. The van der Waals surface area contributed by atoms with Crippen LogP contribution in [-0.4, -0.2) is 6.04 Å². The lowest BCUT2D eigenvalue weighted by Crippen LogP contribution is -2.37. The molecule has 0 saturated heterocycles. The van der Waals surface area contributed by atoms with Gasteiger partial charge in [-0.3, -0.25) is 0 Å². The Hall–Kier alpha value is -1.74. The van der Waals surface area contributed by atoms with Crippen LogP contribution in [0.4, 0.5) is 8.78 Å². The molecule has 0 aliphatic carbocycles. The maximum atomic E-state index is 13.6. The summed E-state index contributed by atoms with van der Waals surface area (Å²) in [5.41, 5.74) is 2.87. The molecule has 3 rings (SSSR count). The summed E-state index contributed by atoms with van der Waals surface area (Å²) in [6, 6.07) is 11.9. The smallest absolute Gasteiger partial charge is 0.126 e. The highest BCUT2D eigenvalue weighted by atomic mass is 19.1. The third-order valence-corrected chi connectivity index (χ3v) is 3.64. The van der Waals surface area contributed by atoms with Gasteiger partial charge in [-0.15, -0.1) is 0 Å². The van der Waals surface area contributed by atoms with E-state index in [0.29, 0.717) is 18.5 Å². The fourth-order valence-corrected chi connectivity index (χ4v) is 2.62. The van der Waals surface area contributed by atoms with E-state index in [-0.39, 0.29) is 17.7 Å². The molecule has 1 aliphatic heterocycles. The molecule has 1 unspecified atom stereocenters. The lowest BCUT2D eigenvalue weighted by atomic mass is 9.92. The average Bonchev–Trinajstić information content (AvgIpc) is 2.41. The third kappa shape index (κ3) is 2.66. The largest absolute Gasteiger partial charge is 0.309 e. The third-order valence-electron chi connectivity index (χ3n) is 3.64. The summed E-state index contributed by atoms with van der Waals surface area (Å²) in [5.74, 6) is -0.375. The van der Waals surface area contributed by atoms with Crippen LogP contribution in [0.1, 0.15) is 16.7 Å². The minimum absolute atomic E-state index is 0.159. The van der Waals surface area contributed by atoms with Gasteiger partial charge in [0.2, 0.25) is 0 Å². The van der Waals surface area contributed by atoms with Crippen molar-refractivity contribution in [2.24, 2.45) is 0 Å². The zero-order valence-corrected chi connectivity index (χ0v) is 10.5. The van der Waals surface area contributed by atoms with Crippen LogP contribution in [0.15, 0.2) is 42.5 Å². The normalized spacial score (nSPS) is 18.1. The van der Waals surface area contributed by atoms with E-state index >= 15 is 0 Å². The summed E-state index contributed by atoms with van der Waals surface area (Å²) in [5, 5.41) is 3.38. The average molecular weight is 259 g/mol. The molecule has 1 N–H and O–H groups in total. The molecule has 0 fully saturated rings. The number of hydrogen-bond acceptors (Lipinski definition) is 1. The molecule has 1 aliphatic rings. The SMILES string of the molecule is Fc1ccc2c(c1)CC(Cc1ccccc1F)NC2. The Morgan fingerprint density at radius 2 is 1.89 bits per heavy atom. The zero-order chi connectivity index (χ0) is 13.2. The first-order valence-corrected chi connectivity index (χ1v) is 6.46. The van der Waals surface area contributed by atoms with Gasteiger partial charge in [-0.2, -0.15) is 0 Å². The molecule has 0 bridgehead atoms. The summed E-state index contributed by atoms with van der Waals surface area (Å²) in [6.45, 7) is 0.717. The molecular weight excluding hydrogens is 244 g/mol. The first-order valence-electron chi connectivity index (χ1n) is 6.46. The minimum Gasteiger partial charge on any atom is -0.309 e. The molecular formula is C16H15F2N. The Kier molecular flexibility index (Phi) is 3.30. The number of halogens is 2. The molecule has 0 aromatic heterocycles. The van der Waals surface area contributed by atoms with Crippen LogP contribution >= 0.6 is 0 Å². The number of hydrogen-bond donors (Lipinski definition) is 1. The van der Waals surface area contributed by atoms with Crippen LogP contribution in [0.3, 0.4) is 0 Å². The van der Waals surface area contributed by atoms with Crippen LogP contribution in [0.2, 0.25) is 0 Å². The number of nitrogens with one attached hydrogen (secondary N) is 1. The molecule has 0 spiro atoms. The highest BCUT2D eigenvalue weighted by Crippen LogP contribution is 2.20. The predicted octanol–water partition coefficient (Wildman–Crippen LogP) is 3.22. The van der Waals surface area contributed by atoms with Crippen molar-refractivity contribution in [3.05, 3.63) is 70.8 Å². The molecule has 0 radical (unpaired) electrons. The quantitative estimate of drug-likeness (QED) is 0.873.